The molecule has 0 fully saturated rings. The van der Waals surface area contributed by atoms with Gasteiger partial charge in [-0.1, -0.05) is 142 Å². The molecule has 43 heavy (non-hydrogen) atoms. The Kier molecular flexibility index (Phi) is 30.3. The number of unbranched alkanes of at least 4 members (excludes halogenated alkanes) is 20. The molecule has 1 amide bonds. The molecular weight excluding hydrogens is 569 g/mol. The average molecular weight is 636 g/mol. The minimum absolute atomic E-state index is 0.0876. The molecule has 256 valence electrons. The summed E-state index contributed by atoms with van der Waals surface area (Å²) in [4.78, 5) is 33.5. The molecule has 0 heterocycles. The van der Waals surface area contributed by atoms with Crippen molar-refractivity contribution in [2.75, 3.05) is 26.4 Å². The van der Waals surface area contributed by atoms with E-state index in [-0.39, 0.29) is 32.1 Å². The normalized spacial score (nSPS) is 13.5. The molecule has 9 nitrogen and oxygen atoms in total. The van der Waals surface area contributed by atoms with Crippen molar-refractivity contribution >= 4 is 19.7 Å². The summed E-state index contributed by atoms with van der Waals surface area (Å²) >= 11 is 0. The van der Waals surface area contributed by atoms with Crippen molar-refractivity contribution in [3.63, 3.8) is 0 Å². The number of carbonyl (C=O) groups excluding carboxylic acids is 2. The van der Waals surface area contributed by atoms with Crippen LogP contribution in [0.1, 0.15) is 168 Å². The minimum Gasteiger partial charge on any atom is -0.463 e. The molecule has 0 saturated carbocycles. The Morgan fingerprint density at radius 1 is 0.628 bits per heavy atom. The van der Waals surface area contributed by atoms with Crippen LogP contribution in [-0.4, -0.2) is 54.3 Å². The molecule has 2 atom stereocenters. The molecule has 0 aliphatic carbocycles. The number of rotatable bonds is 33. The molecule has 0 aliphatic rings. The van der Waals surface area contributed by atoms with Gasteiger partial charge in [-0.3, -0.25) is 18.6 Å². The number of hydrogen-bond acceptors (Lipinski definition) is 7. The lowest BCUT2D eigenvalue weighted by atomic mass is 10.0. The fourth-order valence-electron chi connectivity index (χ4n) is 4.85. The number of phosphoric ester groups is 1. The van der Waals surface area contributed by atoms with Gasteiger partial charge in [0.25, 0.3) is 0 Å². The van der Waals surface area contributed by atoms with Gasteiger partial charge in [0.15, 0.2) is 0 Å². The number of aliphatic hydroxyl groups is 1. The second-order valence-corrected chi connectivity index (χ2v) is 13.3. The van der Waals surface area contributed by atoms with Gasteiger partial charge in [0.05, 0.1) is 13.2 Å². The third kappa shape index (κ3) is 32.2. The standard InChI is InChI=1S/C33H66NO8P/c1-3-5-7-9-11-12-13-14-15-16-17-18-20-21-23-25-32(36)34-27-28-41-43(38,39)42-30-31(35)29-40-33(37)26-24-22-19-10-8-6-4-2/h31,35H,3-30H2,1-2H3,(H,34,36)(H,38,39). The Morgan fingerprint density at radius 2 is 1.05 bits per heavy atom. The molecule has 0 radical (unpaired) electrons. The van der Waals surface area contributed by atoms with Gasteiger partial charge in [0.2, 0.25) is 5.91 Å². The van der Waals surface area contributed by atoms with Crippen LogP contribution in [0.15, 0.2) is 0 Å². The summed E-state index contributed by atoms with van der Waals surface area (Å²) in [5, 5.41) is 12.6. The zero-order valence-corrected chi connectivity index (χ0v) is 28.6. The maximum Gasteiger partial charge on any atom is 0.472 e. The first-order chi connectivity index (χ1) is 20.8. The van der Waals surface area contributed by atoms with Gasteiger partial charge in [-0.05, 0) is 12.8 Å². The predicted octanol–water partition coefficient (Wildman–Crippen LogP) is 8.54. The van der Waals surface area contributed by atoms with Crippen molar-refractivity contribution in [1.29, 1.82) is 0 Å². The first kappa shape index (κ1) is 42.0. The number of carbonyl (C=O) groups is 2. The summed E-state index contributed by atoms with van der Waals surface area (Å²) in [6.45, 7) is 3.50. The lowest BCUT2D eigenvalue weighted by molar-refractivity contribution is -0.147. The third-order valence-corrected chi connectivity index (χ3v) is 8.52. The smallest absolute Gasteiger partial charge is 0.463 e. The highest BCUT2D eigenvalue weighted by Crippen LogP contribution is 2.42. The fraction of sp³-hybridized carbons (Fsp3) is 0.939. The van der Waals surface area contributed by atoms with Crippen LogP contribution in [0.5, 0.6) is 0 Å². The molecule has 2 unspecified atom stereocenters. The largest absolute Gasteiger partial charge is 0.472 e. The lowest BCUT2D eigenvalue weighted by Gasteiger charge is -2.15. The van der Waals surface area contributed by atoms with Gasteiger partial charge >= 0.3 is 13.8 Å². The number of ether oxygens (including phenoxy) is 1. The fourth-order valence-corrected chi connectivity index (χ4v) is 5.61. The van der Waals surface area contributed by atoms with Gasteiger partial charge in [-0.25, -0.2) is 4.57 Å². The summed E-state index contributed by atoms with van der Waals surface area (Å²) < 4.78 is 26.6. The van der Waals surface area contributed by atoms with E-state index < -0.39 is 26.5 Å². The molecule has 0 aromatic rings. The Morgan fingerprint density at radius 3 is 1.51 bits per heavy atom. The van der Waals surface area contributed by atoms with E-state index in [1.165, 1.54) is 103 Å². The number of aliphatic hydroxyl groups excluding tert-OH is 1. The maximum atomic E-state index is 12.0. The summed E-state index contributed by atoms with van der Waals surface area (Å²) in [6, 6.07) is 0. The van der Waals surface area contributed by atoms with Crippen LogP contribution in [-0.2, 0) is 27.9 Å². The highest BCUT2D eigenvalue weighted by Gasteiger charge is 2.23. The summed E-state index contributed by atoms with van der Waals surface area (Å²) in [7, 11) is -4.39. The van der Waals surface area contributed by atoms with Gasteiger partial charge in [-0.15, -0.1) is 0 Å². The van der Waals surface area contributed by atoms with Gasteiger partial charge in [0.1, 0.15) is 12.7 Å². The first-order valence-corrected chi connectivity index (χ1v) is 19.0. The number of nitrogens with one attached hydrogen (secondary N) is 1. The van der Waals surface area contributed by atoms with E-state index in [4.69, 9.17) is 13.8 Å². The highest BCUT2D eigenvalue weighted by atomic mass is 31.2. The highest BCUT2D eigenvalue weighted by molar-refractivity contribution is 7.47. The minimum atomic E-state index is -4.39. The van der Waals surface area contributed by atoms with E-state index in [1.807, 2.05) is 0 Å². The molecule has 3 N–H and O–H groups in total. The van der Waals surface area contributed by atoms with Crippen LogP contribution in [0, 0.1) is 0 Å². The Hall–Kier alpha value is -0.990. The van der Waals surface area contributed by atoms with E-state index >= 15 is 0 Å². The van der Waals surface area contributed by atoms with Crippen LogP contribution in [0.25, 0.3) is 0 Å². The molecule has 0 saturated heterocycles. The van der Waals surface area contributed by atoms with Crippen LogP contribution in [0.4, 0.5) is 0 Å². The van der Waals surface area contributed by atoms with E-state index in [0.29, 0.717) is 6.42 Å². The Labute approximate surface area is 263 Å². The molecule has 0 rings (SSSR count). The quantitative estimate of drug-likeness (QED) is 0.0371. The van der Waals surface area contributed by atoms with Crippen molar-refractivity contribution in [3.8, 4) is 0 Å². The first-order valence-electron chi connectivity index (χ1n) is 17.5. The molecule has 0 aromatic carbocycles. The monoisotopic (exact) mass is 635 g/mol. The van der Waals surface area contributed by atoms with Crippen molar-refractivity contribution in [3.05, 3.63) is 0 Å². The van der Waals surface area contributed by atoms with Crippen LogP contribution < -0.4 is 5.32 Å². The number of amides is 1. The number of phosphoric acid groups is 1. The zero-order valence-electron chi connectivity index (χ0n) is 27.7. The van der Waals surface area contributed by atoms with Crippen molar-refractivity contribution in [2.24, 2.45) is 0 Å². The predicted molar refractivity (Wildman–Crippen MR) is 174 cm³/mol. The summed E-state index contributed by atoms with van der Waals surface area (Å²) in [5.74, 6) is -0.517. The number of esters is 1. The van der Waals surface area contributed by atoms with Gasteiger partial charge < -0.3 is 20.1 Å². The van der Waals surface area contributed by atoms with Crippen molar-refractivity contribution in [1.82, 2.24) is 5.32 Å². The van der Waals surface area contributed by atoms with E-state index in [9.17, 15) is 24.2 Å². The number of hydrogen-bond donors (Lipinski definition) is 3. The average Bonchev–Trinajstić information content (AvgIpc) is 2.98. The lowest BCUT2D eigenvalue weighted by Crippen LogP contribution is -2.27. The van der Waals surface area contributed by atoms with E-state index in [2.05, 4.69) is 19.2 Å². The molecule has 10 heteroatoms. The Bertz CT molecular complexity index is 694. The van der Waals surface area contributed by atoms with Gasteiger partial charge in [0, 0.05) is 19.4 Å². The summed E-state index contributed by atoms with van der Waals surface area (Å²) in [6.07, 6.45) is 26.2. The molecular formula is C33H66NO8P. The molecule has 0 aliphatic heterocycles. The molecule has 0 bridgehead atoms. The van der Waals surface area contributed by atoms with Crippen LogP contribution >= 0.6 is 7.82 Å². The molecule has 0 aromatic heterocycles. The zero-order chi connectivity index (χ0) is 31.9. The van der Waals surface area contributed by atoms with Gasteiger partial charge in [-0.2, -0.15) is 0 Å². The maximum absolute atomic E-state index is 12.0. The SMILES string of the molecule is CCCCCCCCCCCCCCCCCC(=O)NCCOP(=O)(O)OCC(O)COC(=O)CCCCCCCCC. The van der Waals surface area contributed by atoms with Crippen LogP contribution in [0.2, 0.25) is 0 Å². The van der Waals surface area contributed by atoms with E-state index in [1.54, 1.807) is 0 Å². The third-order valence-electron chi connectivity index (χ3n) is 7.54. The van der Waals surface area contributed by atoms with Crippen LogP contribution in [0.3, 0.4) is 0 Å². The summed E-state index contributed by atoms with van der Waals surface area (Å²) in [5.41, 5.74) is 0. The molecule has 0 spiro atoms. The van der Waals surface area contributed by atoms with E-state index in [0.717, 1.165) is 38.5 Å². The Balaban J connectivity index is 3.58. The second-order valence-electron chi connectivity index (χ2n) is 11.9. The topological polar surface area (TPSA) is 131 Å². The second kappa shape index (κ2) is 31.0. The van der Waals surface area contributed by atoms with Crippen molar-refractivity contribution < 1.29 is 37.9 Å². The van der Waals surface area contributed by atoms with Crippen molar-refractivity contribution in [2.45, 2.75) is 174 Å².